The topological polar surface area (TPSA) is 99.4 Å². The Morgan fingerprint density at radius 2 is 2.04 bits per heavy atom. The second-order valence-electron chi connectivity index (χ2n) is 5.62. The van der Waals surface area contributed by atoms with Crippen LogP contribution in [0.3, 0.4) is 0 Å². The van der Waals surface area contributed by atoms with E-state index in [-0.39, 0.29) is 5.56 Å². The predicted octanol–water partition coefficient (Wildman–Crippen LogP) is 2.52. The average Bonchev–Trinajstić information content (AvgIpc) is 3.01. The third-order valence-electron chi connectivity index (χ3n) is 3.73. The van der Waals surface area contributed by atoms with Crippen LogP contribution in [0.2, 0.25) is 0 Å². The van der Waals surface area contributed by atoms with Crippen LogP contribution in [0.15, 0.2) is 35.6 Å². The zero-order valence-electron chi connectivity index (χ0n) is 14.2. The summed E-state index contributed by atoms with van der Waals surface area (Å²) in [5, 5.41) is 3.14. The van der Waals surface area contributed by atoms with Crippen molar-refractivity contribution in [2.45, 2.75) is 19.6 Å². The van der Waals surface area contributed by atoms with Crippen molar-refractivity contribution >= 4 is 17.7 Å². The van der Waals surface area contributed by atoms with Crippen LogP contribution in [-0.4, -0.2) is 37.2 Å². The summed E-state index contributed by atoms with van der Waals surface area (Å²) in [7, 11) is 0. The zero-order valence-corrected chi connectivity index (χ0v) is 15.0. The van der Waals surface area contributed by atoms with E-state index >= 15 is 0 Å². The Morgan fingerprint density at radius 1 is 1.16 bits per heavy atom. The summed E-state index contributed by atoms with van der Waals surface area (Å²) in [4.78, 5) is 30.8. The minimum atomic E-state index is -0.178. The van der Waals surface area contributed by atoms with Gasteiger partial charge in [-0.3, -0.25) is 14.8 Å². The predicted molar refractivity (Wildman–Crippen MR) is 101 cm³/mol. The molecule has 3 heterocycles. The number of hydrogen-bond donors (Lipinski definition) is 3. The summed E-state index contributed by atoms with van der Waals surface area (Å²) in [6.45, 7) is 4.63. The second-order valence-corrected chi connectivity index (χ2v) is 6.72. The molecule has 0 atom stereocenters. The first kappa shape index (κ1) is 17.2. The molecule has 8 heteroatoms. The molecule has 7 nitrogen and oxygen atoms in total. The second kappa shape index (κ2) is 7.98. The molecular formula is C17H20N6OS. The van der Waals surface area contributed by atoms with Gasteiger partial charge in [-0.05, 0) is 19.9 Å². The molecule has 0 saturated heterocycles. The molecule has 0 bridgehead atoms. The van der Waals surface area contributed by atoms with E-state index in [1.54, 1.807) is 30.5 Å². The fourth-order valence-electron chi connectivity index (χ4n) is 2.26. The fourth-order valence-corrected chi connectivity index (χ4v) is 3.14. The van der Waals surface area contributed by atoms with E-state index in [4.69, 9.17) is 0 Å². The van der Waals surface area contributed by atoms with Crippen molar-refractivity contribution in [3.05, 3.63) is 58.3 Å². The molecule has 3 rings (SSSR count). The first-order chi connectivity index (χ1) is 12.1. The number of thioether (sulfide) groups is 1. The molecule has 0 unspecified atom stereocenters. The number of nitrogens with zero attached hydrogens (tertiary/aromatic N) is 3. The molecule has 0 spiro atoms. The van der Waals surface area contributed by atoms with Gasteiger partial charge in [-0.2, -0.15) is 11.8 Å². The van der Waals surface area contributed by atoms with Gasteiger partial charge < -0.3 is 10.3 Å². The highest BCUT2D eigenvalue weighted by atomic mass is 32.2. The van der Waals surface area contributed by atoms with Crippen molar-refractivity contribution in [1.29, 1.82) is 0 Å². The lowest BCUT2D eigenvalue weighted by atomic mass is 10.1. The molecule has 3 N–H and O–H groups in total. The molecule has 130 valence electrons. The number of H-pyrrole nitrogens is 2. The first-order valence-corrected chi connectivity index (χ1v) is 9.12. The number of anilines is 1. The lowest BCUT2D eigenvalue weighted by molar-refractivity contribution is 1.06. The van der Waals surface area contributed by atoms with Gasteiger partial charge in [0.1, 0.15) is 0 Å². The molecule has 0 amide bonds. The van der Waals surface area contributed by atoms with Crippen molar-refractivity contribution in [2.75, 3.05) is 17.6 Å². The summed E-state index contributed by atoms with van der Waals surface area (Å²) < 4.78 is 0. The molecule has 3 aromatic heterocycles. The van der Waals surface area contributed by atoms with E-state index in [1.807, 2.05) is 26.0 Å². The Morgan fingerprint density at radius 3 is 2.72 bits per heavy atom. The van der Waals surface area contributed by atoms with Gasteiger partial charge in [-0.1, -0.05) is 6.07 Å². The molecule has 0 aliphatic carbocycles. The number of rotatable bonds is 7. The van der Waals surface area contributed by atoms with Gasteiger partial charge in [0, 0.05) is 47.4 Å². The van der Waals surface area contributed by atoms with Crippen molar-refractivity contribution in [1.82, 2.24) is 24.9 Å². The van der Waals surface area contributed by atoms with Gasteiger partial charge in [0.15, 0.2) is 0 Å². The molecule has 25 heavy (non-hydrogen) atoms. The number of aromatic amines is 2. The fraction of sp³-hybridized carbons (Fsp3) is 0.294. The van der Waals surface area contributed by atoms with Gasteiger partial charge in [-0.25, -0.2) is 9.97 Å². The summed E-state index contributed by atoms with van der Waals surface area (Å²) in [5.74, 6) is 2.23. The largest absolute Gasteiger partial charge is 0.355 e. The average molecular weight is 356 g/mol. The van der Waals surface area contributed by atoms with Crippen molar-refractivity contribution in [3.8, 4) is 11.1 Å². The monoisotopic (exact) mass is 356 g/mol. The van der Waals surface area contributed by atoms with E-state index in [0.717, 1.165) is 34.2 Å². The van der Waals surface area contributed by atoms with Gasteiger partial charge in [0.05, 0.1) is 17.6 Å². The Kier molecular flexibility index (Phi) is 5.49. The summed E-state index contributed by atoms with van der Waals surface area (Å²) in [5.41, 5.74) is 4.19. The van der Waals surface area contributed by atoms with Crippen LogP contribution in [0.25, 0.3) is 11.1 Å². The minimum Gasteiger partial charge on any atom is -0.355 e. The molecular weight excluding hydrogens is 336 g/mol. The Hall–Kier alpha value is -2.61. The van der Waals surface area contributed by atoms with Gasteiger partial charge in [-0.15, -0.1) is 0 Å². The first-order valence-electron chi connectivity index (χ1n) is 7.96. The lowest BCUT2D eigenvalue weighted by Crippen LogP contribution is -2.16. The van der Waals surface area contributed by atoms with Crippen LogP contribution in [0, 0.1) is 13.8 Å². The minimum absolute atomic E-state index is 0.178. The highest BCUT2D eigenvalue weighted by Crippen LogP contribution is 2.14. The van der Waals surface area contributed by atoms with E-state index in [2.05, 4.69) is 30.2 Å². The third kappa shape index (κ3) is 4.48. The zero-order chi connectivity index (χ0) is 17.6. The quantitative estimate of drug-likeness (QED) is 0.563. The molecule has 0 aromatic carbocycles. The maximum Gasteiger partial charge on any atom is 0.260 e. The number of aryl methyl sites for hydroxylation is 2. The lowest BCUT2D eigenvalue weighted by Gasteiger charge is -2.06. The summed E-state index contributed by atoms with van der Waals surface area (Å²) in [6.07, 6.45) is 4.97. The number of nitrogens with one attached hydrogen (secondary N) is 3. The summed E-state index contributed by atoms with van der Waals surface area (Å²) >= 11 is 1.78. The van der Waals surface area contributed by atoms with E-state index < -0.39 is 0 Å². The smallest absolute Gasteiger partial charge is 0.260 e. The number of pyridine rings is 1. The van der Waals surface area contributed by atoms with Crippen LogP contribution < -0.4 is 10.9 Å². The number of imidazole rings is 1. The molecule has 3 aromatic rings. The van der Waals surface area contributed by atoms with Gasteiger partial charge >= 0.3 is 0 Å². The maximum absolute atomic E-state index is 12.2. The highest BCUT2D eigenvalue weighted by molar-refractivity contribution is 7.98. The molecule has 0 radical (unpaired) electrons. The Bertz CT molecular complexity index is 887. The third-order valence-corrected chi connectivity index (χ3v) is 4.70. The highest BCUT2D eigenvalue weighted by Gasteiger charge is 2.06. The SMILES string of the molecule is Cc1ccc(-c2cnc(NCCSCc3nc[nH]c3C)[nH]c2=O)cn1. The number of aromatic nitrogens is 5. The maximum atomic E-state index is 12.2. The normalized spacial score (nSPS) is 10.8. The molecule has 0 fully saturated rings. The van der Waals surface area contributed by atoms with Crippen LogP contribution in [0.5, 0.6) is 0 Å². The Balaban J connectivity index is 1.52. The standard InChI is InChI=1S/C17H20N6OS/c1-11-3-4-13(7-19-11)14-8-20-17(23-16(14)24)18-5-6-25-9-15-12(2)21-10-22-15/h3-4,7-8,10H,5-6,9H2,1-2H3,(H,21,22)(H2,18,20,23,24). The van der Waals surface area contributed by atoms with Crippen LogP contribution >= 0.6 is 11.8 Å². The van der Waals surface area contributed by atoms with Crippen molar-refractivity contribution in [3.63, 3.8) is 0 Å². The van der Waals surface area contributed by atoms with Crippen LogP contribution in [0.4, 0.5) is 5.95 Å². The van der Waals surface area contributed by atoms with Crippen LogP contribution in [-0.2, 0) is 5.75 Å². The van der Waals surface area contributed by atoms with Gasteiger partial charge in [0.25, 0.3) is 5.56 Å². The summed E-state index contributed by atoms with van der Waals surface area (Å²) in [6, 6.07) is 3.74. The van der Waals surface area contributed by atoms with E-state index in [0.29, 0.717) is 18.1 Å². The van der Waals surface area contributed by atoms with E-state index in [1.165, 1.54) is 0 Å². The molecule has 0 aliphatic heterocycles. The van der Waals surface area contributed by atoms with Gasteiger partial charge in [0.2, 0.25) is 5.95 Å². The molecule has 0 saturated carbocycles. The number of hydrogen-bond acceptors (Lipinski definition) is 6. The van der Waals surface area contributed by atoms with Crippen molar-refractivity contribution < 1.29 is 0 Å². The molecule has 0 aliphatic rings. The van der Waals surface area contributed by atoms with Crippen molar-refractivity contribution in [2.24, 2.45) is 0 Å². The van der Waals surface area contributed by atoms with Crippen LogP contribution in [0.1, 0.15) is 17.1 Å². The van der Waals surface area contributed by atoms with E-state index in [9.17, 15) is 4.79 Å². The Labute approximate surface area is 149 Å².